The summed E-state index contributed by atoms with van der Waals surface area (Å²) >= 11 is 0. The Morgan fingerprint density at radius 2 is 2.17 bits per heavy atom. The summed E-state index contributed by atoms with van der Waals surface area (Å²) in [6.45, 7) is 7.57. The number of amides is 1. The van der Waals surface area contributed by atoms with Gasteiger partial charge in [-0.1, -0.05) is 13.8 Å². The van der Waals surface area contributed by atoms with Crippen LogP contribution in [0.15, 0.2) is 12.4 Å². The van der Waals surface area contributed by atoms with E-state index < -0.39 is 0 Å². The van der Waals surface area contributed by atoms with E-state index in [1.807, 2.05) is 0 Å². The van der Waals surface area contributed by atoms with Gasteiger partial charge in [0.15, 0.2) is 5.82 Å². The van der Waals surface area contributed by atoms with E-state index in [1.54, 1.807) is 12.4 Å². The van der Waals surface area contributed by atoms with E-state index in [0.717, 1.165) is 44.7 Å². The Hall–Kier alpha value is -1.85. The summed E-state index contributed by atoms with van der Waals surface area (Å²) in [4.78, 5) is 25.1. The van der Waals surface area contributed by atoms with Crippen molar-refractivity contribution in [1.82, 2.24) is 14.9 Å². The lowest BCUT2D eigenvalue weighted by Crippen LogP contribution is -2.48. The van der Waals surface area contributed by atoms with Gasteiger partial charge in [-0.3, -0.25) is 9.78 Å². The highest BCUT2D eigenvalue weighted by atomic mass is 16.5. The molecule has 0 radical (unpaired) electrons. The molecule has 2 fully saturated rings. The van der Waals surface area contributed by atoms with Crippen LogP contribution in [0, 0.1) is 5.92 Å². The van der Waals surface area contributed by atoms with Crippen LogP contribution in [0.2, 0.25) is 0 Å². The first kappa shape index (κ1) is 16.0. The number of carbonyl (C=O) groups is 1. The third-order valence-electron chi connectivity index (χ3n) is 4.44. The summed E-state index contributed by atoms with van der Waals surface area (Å²) in [6, 6.07) is 0.306. The molecule has 2 aliphatic heterocycles. The SMILES string of the molecule is CC(C)COc1cncc(N2CCCC(N3CCCC3=O)C2)n1. The molecule has 6 heteroatoms. The Balaban J connectivity index is 1.66. The number of carbonyl (C=O) groups excluding carboxylic acids is 1. The molecule has 1 amide bonds. The monoisotopic (exact) mass is 318 g/mol. The molecular formula is C17H26N4O2. The average Bonchev–Trinajstić information content (AvgIpc) is 2.99. The van der Waals surface area contributed by atoms with E-state index in [0.29, 0.717) is 36.8 Å². The minimum Gasteiger partial charge on any atom is -0.476 e. The summed E-state index contributed by atoms with van der Waals surface area (Å²) in [6.07, 6.45) is 7.31. The van der Waals surface area contributed by atoms with Gasteiger partial charge in [-0.25, -0.2) is 0 Å². The van der Waals surface area contributed by atoms with Gasteiger partial charge < -0.3 is 14.5 Å². The van der Waals surface area contributed by atoms with Crippen molar-refractivity contribution in [2.24, 2.45) is 5.92 Å². The van der Waals surface area contributed by atoms with Gasteiger partial charge in [-0.15, -0.1) is 0 Å². The molecule has 3 heterocycles. The van der Waals surface area contributed by atoms with E-state index in [-0.39, 0.29) is 0 Å². The number of rotatable bonds is 5. The van der Waals surface area contributed by atoms with Crippen LogP contribution in [0.5, 0.6) is 5.88 Å². The zero-order chi connectivity index (χ0) is 16.2. The van der Waals surface area contributed by atoms with Gasteiger partial charge in [0.25, 0.3) is 0 Å². The third-order valence-corrected chi connectivity index (χ3v) is 4.44. The number of aromatic nitrogens is 2. The van der Waals surface area contributed by atoms with Gasteiger partial charge in [0.1, 0.15) is 0 Å². The maximum Gasteiger partial charge on any atom is 0.234 e. The highest BCUT2D eigenvalue weighted by Gasteiger charge is 2.31. The van der Waals surface area contributed by atoms with Crippen molar-refractivity contribution in [2.75, 3.05) is 31.1 Å². The van der Waals surface area contributed by atoms with Gasteiger partial charge in [-0.05, 0) is 25.2 Å². The second kappa shape index (κ2) is 7.15. The van der Waals surface area contributed by atoms with Crippen LogP contribution in [0.1, 0.15) is 39.5 Å². The van der Waals surface area contributed by atoms with Crippen LogP contribution in [0.3, 0.4) is 0 Å². The third kappa shape index (κ3) is 3.92. The molecule has 1 aromatic heterocycles. The maximum atomic E-state index is 12.0. The van der Waals surface area contributed by atoms with Crippen molar-refractivity contribution in [3.8, 4) is 5.88 Å². The maximum absolute atomic E-state index is 12.0. The molecule has 1 atom stereocenters. The Morgan fingerprint density at radius 3 is 2.91 bits per heavy atom. The van der Waals surface area contributed by atoms with Crippen LogP contribution in [0.25, 0.3) is 0 Å². The molecule has 3 rings (SSSR count). The molecule has 2 saturated heterocycles. The van der Waals surface area contributed by atoms with E-state index in [1.165, 1.54) is 0 Å². The van der Waals surface area contributed by atoms with E-state index in [2.05, 4.69) is 33.6 Å². The molecule has 0 N–H and O–H groups in total. The second-order valence-corrected chi connectivity index (χ2v) is 6.85. The lowest BCUT2D eigenvalue weighted by atomic mass is 10.0. The minimum absolute atomic E-state index is 0.303. The Kier molecular flexibility index (Phi) is 4.98. The van der Waals surface area contributed by atoms with Crippen molar-refractivity contribution in [1.29, 1.82) is 0 Å². The predicted molar refractivity (Wildman–Crippen MR) is 88.5 cm³/mol. The topological polar surface area (TPSA) is 58.6 Å². The molecule has 6 nitrogen and oxygen atoms in total. The fourth-order valence-electron chi connectivity index (χ4n) is 3.28. The summed E-state index contributed by atoms with van der Waals surface area (Å²) in [5.41, 5.74) is 0. The van der Waals surface area contributed by atoms with Crippen LogP contribution < -0.4 is 9.64 Å². The highest BCUT2D eigenvalue weighted by Crippen LogP contribution is 2.25. The van der Waals surface area contributed by atoms with Crippen molar-refractivity contribution < 1.29 is 9.53 Å². The largest absolute Gasteiger partial charge is 0.476 e. The summed E-state index contributed by atoms with van der Waals surface area (Å²) in [7, 11) is 0. The van der Waals surface area contributed by atoms with Gasteiger partial charge in [0.2, 0.25) is 11.8 Å². The molecule has 2 aliphatic rings. The molecule has 23 heavy (non-hydrogen) atoms. The molecule has 1 aromatic rings. The molecule has 126 valence electrons. The number of anilines is 1. The summed E-state index contributed by atoms with van der Waals surface area (Å²) < 4.78 is 5.68. The standard InChI is InChI=1S/C17H26N4O2/c1-13(2)12-23-16-10-18-9-15(19-16)20-7-3-5-14(11-20)21-8-4-6-17(21)22/h9-10,13-14H,3-8,11-12H2,1-2H3. The number of hydrogen-bond donors (Lipinski definition) is 0. The van der Waals surface area contributed by atoms with Crippen LogP contribution in [0.4, 0.5) is 5.82 Å². The van der Waals surface area contributed by atoms with Gasteiger partial charge >= 0.3 is 0 Å². The van der Waals surface area contributed by atoms with Gasteiger partial charge in [-0.2, -0.15) is 4.98 Å². The van der Waals surface area contributed by atoms with Crippen LogP contribution in [-0.2, 0) is 4.79 Å². The number of nitrogens with zero attached hydrogens (tertiary/aromatic N) is 4. The summed E-state index contributed by atoms with van der Waals surface area (Å²) in [5.74, 6) is 2.19. The molecule has 0 aliphatic carbocycles. The quantitative estimate of drug-likeness (QED) is 0.832. The fourth-order valence-corrected chi connectivity index (χ4v) is 3.28. The van der Waals surface area contributed by atoms with Crippen molar-refractivity contribution >= 4 is 11.7 Å². The normalized spacial score (nSPS) is 22.0. The number of hydrogen-bond acceptors (Lipinski definition) is 5. The van der Waals surface area contributed by atoms with E-state index >= 15 is 0 Å². The average molecular weight is 318 g/mol. The Bertz CT molecular complexity index is 549. The second-order valence-electron chi connectivity index (χ2n) is 6.85. The van der Waals surface area contributed by atoms with Gasteiger partial charge in [0.05, 0.1) is 19.0 Å². The number of ether oxygens (including phenoxy) is 1. The molecule has 1 unspecified atom stereocenters. The lowest BCUT2D eigenvalue weighted by Gasteiger charge is -2.38. The number of likely N-dealkylation sites (tertiary alicyclic amines) is 1. The minimum atomic E-state index is 0.303. The van der Waals surface area contributed by atoms with Crippen molar-refractivity contribution in [3.63, 3.8) is 0 Å². The molecule has 0 bridgehead atoms. The number of piperidine rings is 1. The first-order valence-corrected chi connectivity index (χ1v) is 8.62. The van der Waals surface area contributed by atoms with E-state index in [4.69, 9.17) is 4.74 Å². The zero-order valence-corrected chi connectivity index (χ0v) is 14.1. The first-order valence-electron chi connectivity index (χ1n) is 8.62. The smallest absolute Gasteiger partial charge is 0.234 e. The predicted octanol–water partition coefficient (Wildman–Crippen LogP) is 2.10. The summed E-state index contributed by atoms with van der Waals surface area (Å²) in [5, 5.41) is 0. The Labute approximate surface area is 137 Å². The molecule has 0 aromatic carbocycles. The van der Waals surface area contributed by atoms with Crippen LogP contribution in [-0.4, -0.2) is 53.1 Å². The molecular weight excluding hydrogens is 292 g/mol. The van der Waals surface area contributed by atoms with Gasteiger partial charge in [0, 0.05) is 32.1 Å². The van der Waals surface area contributed by atoms with Crippen molar-refractivity contribution in [2.45, 2.75) is 45.6 Å². The first-order chi connectivity index (χ1) is 11.1. The molecule has 0 saturated carbocycles. The van der Waals surface area contributed by atoms with Crippen LogP contribution >= 0.6 is 0 Å². The zero-order valence-electron chi connectivity index (χ0n) is 14.1. The highest BCUT2D eigenvalue weighted by molar-refractivity contribution is 5.78. The fraction of sp³-hybridized carbons (Fsp3) is 0.706. The Morgan fingerprint density at radius 1 is 1.30 bits per heavy atom. The van der Waals surface area contributed by atoms with E-state index in [9.17, 15) is 4.79 Å². The lowest BCUT2D eigenvalue weighted by molar-refractivity contribution is -0.129. The molecule has 0 spiro atoms. The van der Waals surface area contributed by atoms with Crippen molar-refractivity contribution in [3.05, 3.63) is 12.4 Å².